The van der Waals surface area contributed by atoms with Gasteiger partial charge < -0.3 is 11.5 Å². The summed E-state index contributed by atoms with van der Waals surface area (Å²) in [6.45, 7) is 2.13. The Hall–Kier alpha value is -0.570. The molecule has 3 nitrogen and oxygen atoms in total. The summed E-state index contributed by atoms with van der Waals surface area (Å²) in [4.78, 5) is 11.4. The Balaban J connectivity index is 1.91. The van der Waals surface area contributed by atoms with E-state index in [1.54, 1.807) is 0 Å². The molecule has 0 heterocycles. The maximum atomic E-state index is 11.4. The molecule has 0 saturated heterocycles. The summed E-state index contributed by atoms with van der Waals surface area (Å²) in [7, 11) is 0. The SMILES string of the molecule is CCC(N)(CC(N)=O)C12CC3CC(CC(C3)C1)C2. The van der Waals surface area contributed by atoms with Crippen molar-refractivity contribution in [2.45, 2.75) is 63.8 Å². The van der Waals surface area contributed by atoms with E-state index in [9.17, 15) is 4.79 Å². The molecule has 4 N–H and O–H groups in total. The van der Waals surface area contributed by atoms with E-state index in [-0.39, 0.29) is 16.9 Å². The van der Waals surface area contributed by atoms with Gasteiger partial charge >= 0.3 is 0 Å². The van der Waals surface area contributed by atoms with E-state index in [0.717, 1.165) is 24.2 Å². The first-order valence-electron chi connectivity index (χ1n) is 7.53. The topological polar surface area (TPSA) is 69.1 Å². The Kier molecular flexibility index (Phi) is 2.74. The normalized spacial score (nSPS) is 44.9. The third-order valence-corrected chi connectivity index (χ3v) is 6.22. The molecule has 0 aromatic carbocycles. The smallest absolute Gasteiger partial charge is 0.219 e. The van der Waals surface area contributed by atoms with Crippen LogP contribution in [0.25, 0.3) is 0 Å². The predicted octanol–water partition coefficient (Wildman–Crippen LogP) is 2.19. The predicted molar refractivity (Wildman–Crippen MR) is 71.6 cm³/mol. The van der Waals surface area contributed by atoms with Crippen LogP contribution in [0.1, 0.15) is 58.3 Å². The summed E-state index contributed by atoms with van der Waals surface area (Å²) >= 11 is 0. The Morgan fingerprint density at radius 3 is 1.94 bits per heavy atom. The Labute approximate surface area is 110 Å². The summed E-state index contributed by atoms with van der Waals surface area (Å²) in [5.41, 5.74) is 12.0. The lowest BCUT2D eigenvalue weighted by atomic mass is 9.44. The molecule has 0 spiro atoms. The molecule has 1 atom stereocenters. The Morgan fingerprint density at radius 2 is 1.61 bits per heavy atom. The van der Waals surface area contributed by atoms with Gasteiger partial charge in [0, 0.05) is 12.0 Å². The van der Waals surface area contributed by atoms with Gasteiger partial charge in [-0.25, -0.2) is 0 Å². The number of nitrogens with two attached hydrogens (primary N) is 2. The highest BCUT2D eigenvalue weighted by atomic mass is 16.1. The number of primary amides is 1. The van der Waals surface area contributed by atoms with Gasteiger partial charge in [-0.2, -0.15) is 0 Å². The van der Waals surface area contributed by atoms with Crippen LogP contribution in [0.15, 0.2) is 0 Å². The first-order valence-corrected chi connectivity index (χ1v) is 7.53. The van der Waals surface area contributed by atoms with Gasteiger partial charge in [0.2, 0.25) is 5.91 Å². The second-order valence-electron chi connectivity index (χ2n) is 7.35. The number of carbonyl (C=O) groups excluding carboxylic acids is 1. The molecule has 4 saturated carbocycles. The Morgan fingerprint density at radius 1 is 1.17 bits per heavy atom. The van der Waals surface area contributed by atoms with Crippen LogP contribution in [0.2, 0.25) is 0 Å². The lowest BCUT2D eigenvalue weighted by Gasteiger charge is -2.62. The number of carbonyl (C=O) groups is 1. The fourth-order valence-corrected chi connectivity index (χ4v) is 5.72. The van der Waals surface area contributed by atoms with Crippen molar-refractivity contribution in [2.24, 2.45) is 34.6 Å². The van der Waals surface area contributed by atoms with Gasteiger partial charge in [0.05, 0.1) is 0 Å². The lowest BCUT2D eigenvalue weighted by molar-refractivity contribution is -0.128. The van der Waals surface area contributed by atoms with Crippen LogP contribution in [-0.2, 0) is 4.79 Å². The molecule has 0 radical (unpaired) electrons. The zero-order valence-electron chi connectivity index (χ0n) is 11.5. The van der Waals surface area contributed by atoms with Crippen LogP contribution in [0.4, 0.5) is 0 Å². The molecular weight excluding hydrogens is 224 g/mol. The monoisotopic (exact) mass is 250 g/mol. The summed E-state index contributed by atoms with van der Waals surface area (Å²) in [6, 6.07) is 0. The van der Waals surface area contributed by atoms with E-state index < -0.39 is 0 Å². The molecule has 1 amide bonds. The second kappa shape index (κ2) is 3.96. The van der Waals surface area contributed by atoms with Gasteiger partial charge in [0.1, 0.15) is 0 Å². The van der Waals surface area contributed by atoms with E-state index in [4.69, 9.17) is 11.5 Å². The molecule has 1 unspecified atom stereocenters. The van der Waals surface area contributed by atoms with Gasteiger partial charge in [0.25, 0.3) is 0 Å². The maximum absolute atomic E-state index is 11.4. The summed E-state index contributed by atoms with van der Waals surface area (Å²) in [5, 5.41) is 0. The van der Waals surface area contributed by atoms with Crippen LogP contribution in [0.3, 0.4) is 0 Å². The minimum atomic E-state index is -0.352. The van der Waals surface area contributed by atoms with Gasteiger partial charge in [-0.05, 0) is 68.1 Å². The minimum Gasteiger partial charge on any atom is -0.370 e. The van der Waals surface area contributed by atoms with Crippen molar-refractivity contribution in [3.63, 3.8) is 0 Å². The molecule has 0 aromatic heterocycles. The van der Waals surface area contributed by atoms with Crippen LogP contribution < -0.4 is 11.5 Å². The maximum Gasteiger partial charge on any atom is 0.219 e. The average molecular weight is 250 g/mol. The minimum absolute atomic E-state index is 0.214. The first-order chi connectivity index (χ1) is 8.46. The van der Waals surface area contributed by atoms with Crippen molar-refractivity contribution < 1.29 is 4.79 Å². The van der Waals surface area contributed by atoms with E-state index >= 15 is 0 Å². The van der Waals surface area contributed by atoms with Crippen molar-refractivity contribution in [3.05, 3.63) is 0 Å². The van der Waals surface area contributed by atoms with Crippen LogP contribution in [0.5, 0.6) is 0 Å². The third kappa shape index (κ3) is 1.70. The molecule has 4 bridgehead atoms. The van der Waals surface area contributed by atoms with Gasteiger partial charge in [-0.3, -0.25) is 4.79 Å². The Bertz CT molecular complexity index is 330. The van der Waals surface area contributed by atoms with Gasteiger partial charge in [-0.15, -0.1) is 0 Å². The van der Waals surface area contributed by atoms with Crippen molar-refractivity contribution in [2.75, 3.05) is 0 Å². The fraction of sp³-hybridized carbons (Fsp3) is 0.933. The van der Waals surface area contributed by atoms with E-state index in [2.05, 4.69) is 6.92 Å². The van der Waals surface area contributed by atoms with Crippen LogP contribution in [0, 0.1) is 23.2 Å². The van der Waals surface area contributed by atoms with Crippen molar-refractivity contribution in [3.8, 4) is 0 Å². The quantitative estimate of drug-likeness (QED) is 0.803. The van der Waals surface area contributed by atoms with Crippen molar-refractivity contribution in [1.82, 2.24) is 0 Å². The van der Waals surface area contributed by atoms with Gasteiger partial charge in [-0.1, -0.05) is 6.92 Å². The van der Waals surface area contributed by atoms with Crippen LogP contribution in [-0.4, -0.2) is 11.4 Å². The largest absolute Gasteiger partial charge is 0.370 e. The van der Waals surface area contributed by atoms with E-state index in [1.807, 2.05) is 0 Å². The number of rotatable bonds is 4. The third-order valence-electron chi connectivity index (χ3n) is 6.22. The number of hydrogen-bond acceptors (Lipinski definition) is 2. The first kappa shape index (κ1) is 12.5. The molecule has 4 fully saturated rings. The zero-order chi connectivity index (χ0) is 13.0. The van der Waals surface area contributed by atoms with Gasteiger partial charge in [0.15, 0.2) is 0 Å². The van der Waals surface area contributed by atoms with Crippen LogP contribution >= 0.6 is 0 Å². The highest BCUT2D eigenvalue weighted by Gasteiger charge is 2.58. The van der Waals surface area contributed by atoms with Crippen molar-refractivity contribution >= 4 is 5.91 Å². The average Bonchev–Trinajstić information content (AvgIpc) is 2.25. The van der Waals surface area contributed by atoms with E-state index in [0.29, 0.717) is 6.42 Å². The molecule has 4 aliphatic carbocycles. The standard InChI is InChI=1S/C15H26N2O/c1-2-15(17,9-13(16)18)14-6-10-3-11(7-14)5-12(4-10)8-14/h10-12H,2-9,17H2,1H3,(H2,16,18). The molecule has 18 heavy (non-hydrogen) atoms. The second-order valence-corrected chi connectivity index (χ2v) is 7.35. The number of amides is 1. The lowest BCUT2D eigenvalue weighted by Crippen LogP contribution is -2.63. The molecular formula is C15H26N2O. The fourth-order valence-electron chi connectivity index (χ4n) is 5.72. The molecule has 4 rings (SSSR count). The molecule has 4 aliphatic rings. The summed E-state index contributed by atoms with van der Waals surface area (Å²) in [5.74, 6) is 2.39. The summed E-state index contributed by atoms with van der Waals surface area (Å²) < 4.78 is 0. The highest BCUT2D eigenvalue weighted by Crippen LogP contribution is 2.64. The molecule has 102 valence electrons. The van der Waals surface area contributed by atoms with E-state index in [1.165, 1.54) is 38.5 Å². The summed E-state index contributed by atoms with van der Waals surface area (Å²) in [6.07, 6.45) is 9.22. The number of hydrogen-bond donors (Lipinski definition) is 2. The molecule has 0 aromatic rings. The zero-order valence-corrected chi connectivity index (χ0v) is 11.5. The highest BCUT2D eigenvalue weighted by molar-refractivity contribution is 5.75. The molecule has 3 heteroatoms. The molecule has 0 aliphatic heterocycles. The van der Waals surface area contributed by atoms with Crippen molar-refractivity contribution in [1.29, 1.82) is 0 Å².